The number of hydrogen-bond acceptors (Lipinski definition) is 1. The first kappa shape index (κ1) is 10.2. The van der Waals surface area contributed by atoms with E-state index in [1.165, 1.54) is 0 Å². The summed E-state index contributed by atoms with van der Waals surface area (Å²) in [7, 11) is 1.88. The van der Waals surface area contributed by atoms with Crippen LogP contribution in [0.1, 0.15) is 5.69 Å². The van der Waals surface area contributed by atoms with Gasteiger partial charge >= 0.3 is 0 Å². The van der Waals surface area contributed by atoms with Gasteiger partial charge in [-0.15, -0.1) is 0 Å². The van der Waals surface area contributed by atoms with Crippen molar-refractivity contribution < 1.29 is 0 Å². The van der Waals surface area contributed by atoms with Crippen molar-refractivity contribution in [3.05, 3.63) is 52.4 Å². The molecule has 2 rings (SSSR count). The van der Waals surface area contributed by atoms with E-state index in [-0.39, 0.29) is 5.56 Å². The number of halogens is 1. The number of benzene rings is 1. The molecule has 0 aliphatic carbocycles. The molecule has 0 fully saturated rings. The summed E-state index contributed by atoms with van der Waals surface area (Å²) < 4.78 is 3.50. The van der Waals surface area contributed by atoms with Gasteiger partial charge in [-0.1, -0.05) is 34.1 Å². The molecule has 0 bridgehead atoms. The molecule has 1 aromatic heterocycles. The molecule has 78 valence electrons. The molecule has 1 aromatic carbocycles. The topological polar surface area (TPSA) is 26.9 Å². The van der Waals surface area contributed by atoms with Gasteiger partial charge in [0, 0.05) is 18.4 Å². The first-order valence-electron chi connectivity index (χ1n) is 4.63. The number of rotatable bonds is 2. The number of hydrogen-bond donors (Lipinski definition) is 0. The number of alkyl halides is 1. The fourth-order valence-electron chi connectivity index (χ4n) is 1.57. The van der Waals surface area contributed by atoms with Crippen LogP contribution >= 0.6 is 15.9 Å². The second-order valence-electron chi connectivity index (χ2n) is 3.28. The zero-order valence-electron chi connectivity index (χ0n) is 8.35. The van der Waals surface area contributed by atoms with Crippen LogP contribution in [0.5, 0.6) is 0 Å². The highest BCUT2D eigenvalue weighted by atomic mass is 79.9. The normalized spacial score (nSPS) is 10.5. The molecule has 15 heavy (non-hydrogen) atoms. The van der Waals surface area contributed by atoms with Crippen LogP contribution in [0.4, 0.5) is 0 Å². The standard InChI is InChI=1S/C11H11BrN2O/c1-13-10(8-12)7-11(15)14(13)9-5-3-2-4-6-9/h2-7H,8H2,1H3. The van der Waals surface area contributed by atoms with E-state index in [4.69, 9.17) is 0 Å². The molecule has 0 aliphatic heterocycles. The summed E-state index contributed by atoms with van der Waals surface area (Å²) in [6, 6.07) is 11.2. The summed E-state index contributed by atoms with van der Waals surface area (Å²) in [6.07, 6.45) is 0. The Morgan fingerprint density at radius 2 is 1.93 bits per heavy atom. The minimum absolute atomic E-state index is 0.00171. The summed E-state index contributed by atoms with van der Waals surface area (Å²) in [5.74, 6) is 0. The van der Waals surface area contributed by atoms with E-state index >= 15 is 0 Å². The molecule has 0 aliphatic rings. The van der Waals surface area contributed by atoms with E-state index in [1.807, 2.05) is 42.1 Å². The largest absolute Gasteiger partial charge is 0.284 e. The molecule has 2 aromatic rings. The summed E-state index contributed by atoms with van der Waals surface area (Å²) in [5, 5.41) is 0.679. The molecular formula is C11H11BrN2O. The lowest BCUT2D eigenvalue weighted by molar-refractivity contribution is 0.628. The van der Waals surface area contributed by atoms with Crippen LogP contribution in [0, 0.1) is 0 Å². The first-order valence-corrected chi connectivity index (χ1v) is 5.75. The monoisotopic (exact) mass is 266 g/mol. The molecule has 1 heterocycles. The minimum Gasteiger partial charge on any atom is -0.284 e. The van der Waals surface area contributed by atoms with Crippen molar-refractivity contribution in [1.82, 2.24) is 9.36 Å². The molecule has 0 atom stereocenters. The van der Waals surface area contributed by atoms with Crippen molar-refractivity contribution in [3.8, 4) is 5.69 Å². The van der Waals surface area contributed by atoms with Gasteiger partial charge in [-0.3, -0.25) is 9.48 Å². The Kier molecular flexibility index (Phi) is 2.77. The number of nitrogens with zero attached hydrogens (tertiary/aromatic N) is 2. The molecular weight excluding hydrogens is 256 g/mol. The van der Waals surface area contributed by atoms with Crippen LogP contribution < -0.4 is 5.56 Å². The molecule has 0 saturated heterocycles. The van der Waals surface area contributed by atoms with Crippen molar-refractivity contribution in [3.63, 3.8) is 0 Å². The Balaban J connectivity index is 2.64. The Morgan fingerprint density at radius 3 is 2.47 bits per heavy atom. The van der Waals surface area contributed by atoms with Gasteiger partial charge in [0.15, 0.2) is 0 Å². The molecule has 0 N–H and O–H groups in total. The average molecular weight is 267 g/mol. The fourth-order valence-corrected chi connectivity index (χ4v) is 2.09. The van der Waals surface area contributed by atoms with Crippen molar-refractivity contribution in [2.75, 3.05) is 0 Å². The van der Waals surface area contributed by atoms with Crippen LogP contribution in [0.3, 0.4) is 0 Å². The van der Waals surface area contributed by atoms with Crippen molar-refractivity contribution in [1.29, 1.82) is 0 Å². The second kappa shape index (κ2) is 4.06. The van der Waals surface area contributed by atoms with Gasteiger partial charge in [-0.2, -0.15) is 0 Å². The summed E-state index contributed by atoms with van der Waals surface area (Å²) in [5.41, 5.74) is 1.85. The third-order valence-corrected chi connectivity index (χ3v) is 2.93. The van der Waals surface area contributed by atoms with Crippen LogP contribution in [0.2, 0.25) is 0 Å². The predicted molar refractivity (Wildman–Crippen MR) is 63.6 cm³/mol. The Morgan fingerprint density at radius 1 is 1.27 bits per heavy atom. The first-order chi connectivity index (χ1) is 7.24. The molecule has 3 nitrogen and oxygen atoms in total. The third-order valence-electron chi connectivity index (χ3n) is 2.35. The molecule has 0 spiro atoms. The Bertz CT molecular complexity index is 513. The smallest absolute Gasteiger partial charge is 0.271 e. The summed E-state index contributed by atoms with van der Waals surface area (Å²) in [6.45, 7) is 0. The van der Waals surface area contributed by atoms with E-state index in [0.717, 1.165) is 11.4 Å². The third kappa shape index (κ3) is 1.77. The maximum atomic E-state index is 11.7. The second-order valence-corrected chi connectivity index (χ2v) is 3.84. The fraction of sp³-hybridized carbons (Fsp3) is 0.182. The lowest BCUT2D eigenvalue weighted by Gasteiger charge is -2.08. The quantitative estimate of drug-likeness (QED) is 0.765. The maximum absolute atomic E-state index is 11.7. The lowest BCUT2D eigenvalue weighted by atomic mass is 10.3. The van der Waals surface area contributed by atoms with Crippen molar-refractivity contribution >= 4 is 15.9 Å². The molecule has 0 amide bonds. The summed E-state index contributed by atoms with van der Waals surface area (Å²) >= 11 is 3.36. The Hall–Kier alpha value is -1.29. The zero-order chi connectivity index (χ0) is 10.8. The molecule has 0 saturated carbocycles. The maximum Gasteiger partial charge on any atom is 0.271 e. The minimum atomic E-state index is -0.00171. The van der Waals surface area contributed by atoms with Gasteiger partial charge in [-0.25, -0.2) is 4.68 Å². The van der Waals surface area contributed by atoms with Crippen LogP contribution in [0.25, 0.3) is 5.69 Å². The predicted octanol–water partition coefficient (Wildman–Crippen LogP) is 2.07. The zero-order valence-corrected chi connectivity index (χ0v) is 9.94. The van der Waals surface area contributed by atoms with Gasteiger partial charge in [0.25, 0.3) is 5.56 Å². The van der Waals surface area contributed by atoms with Gasteiger partial charge in [-0.05, 0) is 12.1 Å². The molecule has 0 radical (unpaired) electrons. The van der Waals surface area contributed by atoms with E-state index in [1.54, 1.807) is 10.7 Å². The Labute approximate surface area is 96.1 Å². The van der Waals surface area contributed by atoms with E-state index in [2.05, 4.69) is 15.9 Å². The highest BCUT2D eigenvalue weighted by Crippen LogP contribution is 2.08. The SMILES string of the molecule is Cn1c(CBr)cc(=O)n1-c1ccccc1. The summed E-state index contributed by atoms with van der Waals surface area (Å²) in [4.78, 5) is 11.7. The van der Waals surface area contributed by atoms with E-state index in [0.29, 0.717) is 5.33 Å². The van der Waals surface area contributed by atoms with Crippen molar-refractivity contribution in [2.45, 2.75) is 5.33 Å². The van der Waals surface area contributed by atoms with Gasteiger partial charge in [0.05, 0.1) is 11.4 Å². The van der Waals surface area contributed by atoms with Gasteiger partial charge in [0.1, 0.15) is 0 Å². The van der Waals surface area contributed by atoms with E-state index in [9.17, 15) is 4.79 Å². The van der Waals surface area contributed by atoms with E-state index < -0.39 is 0 Å². The van der Waals surface area contributed by atoms with Gasteiger partial charge in [0.2, 0.25) is 0 Å². The molecule has 0 unspecified atom stereocenters. The highest BCUT2D eigenvalue weighted by molar-refractivity contribution is 9.08. The van der Waals surface area contributed by atoms with Crippen LogP contribution in [-0.4, -0.2) is 9.36 Å². The van der Waals surface area contributed by atoms with Crippen LogP contribution in [0.15, 0.2) is 41.2 Å². The lowest BCUT2D eigenvalue weighted by Crippen LogP contribution is -2.19. The highest BCUT2D eigenvalue weighted by Gasteiger charge is 2.07. The molecule has 4 heteroatoms. The number of aromatic nitrogens is 2. The van der Waals surface area contributed by atoms with Crippen molar-refractivity contribution in [2.24, 2.45) is 7.05 Å². The average Bonchev–Trinajstić information content (AvgIpc) is 2.55. The van der Waals surface area contributed by atoms with Crippen LogP contribution in [-0.2, 0) is 12.4 Å². The van der Waals surface area contributed by atoms with Gasteiger partial charge < -0.3 is 0 Å². The number of para-hydroxylation sites is 1.